The number of piperidine rings is 1. The highest BCUT2D eigenvalue weighted by atomic mass is 32.1. The van der Waals surface area contributed by atoms with Gasteiger partial charge in [0.2, 0.25) is 5.91 Å². The van der Waals surface area contributed by atoms with Crippen LogP contribution in [0.15, 0.2) is 23.8 Å². The predicted molar refractivity (Wildman–Crippen MR) is 132 cm³/mol. The molecule has 1 aliphatic carbocycles. The average Bonchev–Trinajstić information content (AvgIpc) is 3.43. The van der Waals surface area contributed by atoms with Crippen molar-refractivity contribution in [2.45, 2.75) is 52.5 Å². The fraction of sp³-hybridized carbons (Fsp3) is 0.542. The molecule has 0 bridgehead atoms. The number of nitrogens with zero attached hydrogens (tertiary/aromatic N) is 5. The van der Waals surface area contributed by atoms with Gasteiger partial charge >= 0.3 is 0 Å². The zero-order chi connectivity index (χ0) is 23.9. The number of anilines is 1. The van der Waals surface area contributed by atoms with Crippen LogP contribution in [0.2, 0.25) is 0 Å². The van der Waals surface area contributed by atoms with E-state index in [1.165, 1.54) is 0 Å². The summed E-state index contributed by atoms with van der Waals surface area (Å²) in [5.74, 6) is 1.39. The van der Waals surface area contributed by atoms with E-state index in [2.05, 4.69) is 41.5 Å². The second kappa shape index (κ2) is 8.98. The summed E-state index contributed by atoms with van der Waals surface area (Å²) in [6, 6.07) is 1.88. The van der Waals surface area contributed by atoms with Crippen molar-refractivity contribution in [3.8, 4) is 11.4 Å². The Morgan fingerprint density at radius 2 is 1.91 bits per heavy atom. The van der Waals surface area contributed by atoms with Gasteiger partial charge in [0.15, 0.2) is 5.82 Å². The van der Waals surface area contributed by atoms with Crippen molar-refractivity contribution in [1.82, 2.24) is 29.8 Å². The van der Waals surface area contributed by atoms with Gasteiger partial charge in [-0.3, -0.25) is 9.59 Å². The number of fused-ring (bicyclic) bond motifs is 1. The van der Waals surface area contributed by atoms with E-state index in [-0.39, 0.29) is 29.2 Å². The third-order valence-corrected chi connectivity index (χ3v) is 7.08. The lowest BCUT2D eigenvalue weighted by atomic mass is 9.97. The van der Waals surface area contributed by atoms with Crippen molar-refractivity contribution in [2.24, 2.45) is 11.3 Å². The van der Waals surface area contributed by atoms with Crippen molar-refractivity contribution in [1.29, 1.82) is 0 Å². The number of thiazole rings is 1. The number of nitrogens with one attached hydrogen (secondary N) is 2. The zero-order valence-corrected chi connectivity index (χ0v) is 20.7. The van der Waals surface area contributed by atoms with Gasteiger partial charge in [0.05, 0.1) is 11.8 Å². The number of hydrogen-bond acceptors (Lipinski definition) is 7. The number of amides is 2. The fourth-order valence-electron chi connectivity index (χ4n) is 4.06. The van der Waals surface area contributed by atoms with Crippen LogP contribution in [0.1, 0.15) is 56.9 Å². The molecule has 0 spiro atoms. The molecule has 0 radical (unpaired) electrons. The van der Waals surface area contributed by atoms with Gasteiger partial charge in [-0.15, -0.1) is 11.3 Å². The van der Waals surface area contributed by atoms with E-state index in [1.807, 2.05) is 16.5 Å². The van der Waals surface area contributed by atoms with Crippen LogP contribution >= 0.6 is 11.3 Å². The Hall–Kier alpha value is -3.01. The van der Waals surface area contributed by atoms with Crippen LogP contribution in [0, 0.1) is 11.3 Å². The molecule has 0 aromatic carbocycles. The van der Waals surface area contributed by atoms with E-state index in [0.717, 1.165) is 36.1 Å². The highest BCUT2D eigenvalue weighted by Crippen LogP contribution is 2.30. The van der Waals surface area contributed by atoms with E-state index in [1.54, 1.807) is 28.1 Å². The lowest BCUT2D eigenvalue weighted by molar-refractivity contribution is -0.123. The number of carbonyl (C=O) groups excluding carboxylic acids is 2. The normalized spacial score (nSPS) is 17.2. The first-order valence-corrected chi connectivity index (χ1v) is 12.8. The number of rotatable bonds is 6. The lowest BCUT2D eigenvalue weighted by Crippen LogP contribution is -2.47. The van der Waals surface area contributed by atoms with Crippen LogP contribution in [-0.2, 0) is 4.79 Å². The largest absolute Gasteiger partial charge is 0.369 e. The van der Waals surface area contributed by atoms with Gasteiger partial charge in [-0.05, 0) is 31.1 Å². The zero-order valence-electron chi connectivity index (χ0n) is 19.9. The molecule has 2 fully saturated rings. The third kappa shape index (κ3) is 5.06. The van der Waals surface area contributed by atoms with Gasteiger partial charge < -0.3 is 15.5 Å². The maximum atomic E-state index is 13.4. The molecular formula is C24H31N7O2S. The summed E-state index contributed by atoms with van der Waals surface area (Å²) in [7, 11) is 0. The number of aromatic nitrogens is 4. The molecular weight excluding hydrogens is 450 g/mol. The smallest absolute Gasteiger partial charge is 0.272 e. The first-order chi connectivity index (χ1) is 16.3. The number of hydrogen-bond donors (Lipinski definition) is 2. The lowest BCUT2D eigenvalue weighted by Gasteiger charge is -2.32. The fourth-order valence-corrected chi connectivity index (χ4v) is 4.85. The second-order valence-electron chi connectivity index (χ2n) is 10.4. The highest BCUT2D eigenvalue weighted by Gasteiger charge is 2.32. The van der Waals surface area contributed by atoms with Crippen molar-refractivity contribution >= 4 is 33.8 Å². The van der Waals surface area contributed by atoms with Crippen LogP contribution in [0.3, 0.4) is 0 Å². The molecule has 1 saturated heterocycles. The van der Waals surface area contributed by atoms with E-state index in [0.29, 0.717) is 37.0 Å². The van der Waals surface area contributed by atoms with Crippen molar-refractivity contribution in [3.63, 3.8) is 0 Å². The summed E-state index contributed by atoms with van der Waals surface area (Å²) < 4.78 is 1.79. The molecule has 3 aromatic heterocycles. The minimum Gasteiger partial charge on any atom is -0.369 e. The molecule has 0 atom stereocenters. The molecule has 1 aliphatic heterocycles. The Kier molecular flexibility index (Phi) is 6.01. The molecule has 10 heteroatoms. The van der Waals surface area contributed by atoms with Crippen LogP contribution < -0.4 is 10.6 Å². The number of likely N-dealkylation sites (tertiary alicyclic amines) is 1. The average molecular weight is 482 g/mol. The van der Waals surface area contributed by atoms with Crippen LogP contribution in [-0.4, -0.2) is 62.0 Å². The van der Waals surface area contributed by atoms with Gasteiger partial charge in [0.1, 0.15) is 16.3 Å². The van der Waals surface area contributed by atoms with E-state index in [9.17, 15) is 9.59 Å². The molecule has 34 heavy (non-hydrogen) atoms. The molecule has 2 N–H and O–H groups in total. The maximum Gasteiger partial charge on any atom is 0.272 e. The third-order valence-electron chi connectivity index (χ3n) is 6.19. The van der Waals surface area contributed by atoms with E-state index >= 15 is 0 Å². The van der Waals surface area contributed by atoms with E-state index < -0.39 is 0 Å². The summed E-state index contributed by atoms with van der Waals surface area (Å²) in [4.78, 5) is 37.7. The topological polar surface area (TPSA) is 105 Å². The summed E-state index contributed by atoms with van der Waals surface area (Å²) in [5, 5.41) is 12.9. The quantitative estimate of drug-likeness (QED) is 0.559. The van der Waals surface area contributed by atoms with E-state index in [4.69, 9.17) is 4.98 Å². The number of carbonyl (C=O) groups is 2. The Bertz CT molecular complexity index is 1200. The molecule has 9 nitrogen and oxygen atoms in total. The Labute approximate surface area is 203 Å². The molecule has 5 rings (SSSR count). The second-order valence-corrected chi connectivity index (χ2v) is 11.3. The Balaban J connectivity index is 1.36. The Morgan fingerprint density at radius 1 is 1.15 bits per heavy atom. The molecule has 0 unspecified atom stereocenters. The molecule has 2 aliphatic rings. The van der Waals surface area contributed by atoms with Crippen molar-refractivity contribution < 1.29 is 9.59 Å². The summed E-state index contributed by atoms with van der Waals surface area (Å²) in [6.07, 6.45) is 7.16. The molecule has 3 aromatic rings. The van der Waals surface area contributed by atoms with Crippen LogP contribution in [0.5, 0.6) is 0 Å². The Morgan fingerprint density at radius 3 is 2.62 bits per heavy atom. The SMILES string of the molecule is CC(C)(C)CNc1cc(C(=O)N2CCC(NC(=O)C3CC3)CC2)nc(-c2cnn3ccsc23)n1. The van der Waals surface area contributed by atoms with Crippen molar-refractivity contribution in [2.75, 3.05) is 25.0 Å². The first-order valence-electron chi connectivity index (χ1n) is 11.9. The monoisotopic (exact) mass is 481 g/mol. The van der Waals surface area contributed by atoms with Gasteiger partial charge in [-0.2, -0.15) is 5.10 Å². The van der Waals surface area contributed by atoms with Gasteiger partial charge in [0.25, 0.3) is 5.91 Å². The molecule has 2 amide bonds. The van der Waals surface area contributed by atoms with Crippen LogP contribution in [0.25, 0.3) is 16.2 Å². The first kappa shape index (κ1) is 22.8. The van der Waals surface area contributed by atoms with Crippen LogP contribution in [0.4, 0.5) is 5.82 Å². The summed E-state index contributed by atoms with van der Waals surface area (Å²) in [5.41, 5.74) is 1.24. The maximum absolute atomic E-state index is 13.4. The van der Waals surface area contributed by atoms with Crippen molar-refractivity contribution in [3.05, 3.63) is 29.5 Å². The minimum atomic E-state index is -0.107. The van der Waals surface area contributed by atoms with Gasteiger partial charge in [-0.1, -0.05) is 20.8 Å². The molecule has 4 heterocycles. The van der Waals surface area contributed by atoms with Gasteiger partial charge in [0, 0.05) is 49.2 Å². The molecule has 180 valence electrons. The summed E-state index contributed by atoms with van der Waals surface area (Å²) >= 11 is 1.56. The minimum absolute atomic E-state index is 0.0564. The highest BCUT2D eigenvalue weighted by molar-refractivity contribution is 7.16. The predicted octanol–water partition coefficient (Wildman–Crippen LogP) is 3.44. The summed E-state index contributed by atoms with van der Waals surface area (Å²) in [6.45, 7) is 8.35. The molecule has 1 saturated carbocycles. The van der Waals surface area contributed by atoms with Gasteiger partial charge in [-0.25, -0.2) is 14.5 Å². The standard InChI is InChI=1S/C24H31N7O2S/c1-24(2,3)14-25-19-12-18(28-20(29-19)17-13-26-31-10-11-34-23(17)31)22(33)30-8-6-16(7-9-30)27-21(32)15-4-5-15/h10-13,15-16H,4-9,14H2,1-3H3,(H,27,32)(H,25,28,29).